The van der Waals surface area contributed by atoms with Crippen LogP contribution in [0.1, 0.15) is 17.0 Å². The topological polar surface area (TPSA) is 38.9 Å². The predicted octanol–water partition coefficient (Wildman–Crippen LogP) is 2.17. The maximum absolute atomic E-state index is 5.52. The van der Waals surface area contributed by atoms with E-state index in [1.807, 2.05) is 12.1 Å². The van der Waals surface area contributed by atoms with E-state index in [1.54, 1.807) is 0 Å². The SMILES string of the molecule is NCCc1cccc(Cc2ccccc2)n1. The van der Waals surface area contributed by atoms with Gasteiger partial charge in [-0.2, -0.15) is 0 Å². The lowest BCUT2D eigenvalue weighted by atomic mass is 10.1. The summed E-state index contributed by atoms with van der Waals surface area (Å²) in [6.07, 6.45) is 1.74. The molecular formula is C14H16N2. The summed E-state index contributed by atoms with van der Waals surface area (Å²) in [4.78, 5) is 4.58. The predicted molar refractivity (Wildman–Crippen MR) is 66.2 cm³/mol. The van der Waals surface area contributed by atoms with Crippen LogP contribution in [0.2, 0.25) is 0 Å². The number of benzene rings is 1. The van der Waals surface area contributed by atoms with Crippen molar-refractivity contribution in [3.63, 3.8) is 0 Å². The zero-order chi connectivity index (χ0) is 11.2. The average Bonchev–Trinajstić information content (AvgIpc) is 2.31. The Hall–Kier alpha value is -1.67. The molecule has 2 rings (SSSR count). The molecule has 0 saturated heterocycles. The van der Waals surface area contributed by atoms with E-state index >= 15 is 0 Å². The number of aromatic nitrogens is 1. The number of nitrogens with zero attached hydrogens (tertiary/aromatic N) is 1. The van der Waals surface area contributed by atoms with Gasteiger partial charge in [-0.3, -0.25) is 4.98 Å². The summed E-state index contributed by atoms with van der Waals surface area (Å²) >= 11 is 0. The Labute approximate surface area is 96.1 Å². The van der Waals surface area contributed by atoms with Gasteiger partial charge in [0.2, 0.25) is 0 Å². The summed E-state index contributed by atoms with van der Waals surface area (Å²) in [7, 11) is 0. The van der Waals surface area contributed by atoms with E-state index in [-0.39, 0.29) is 0 Å². The lowest BCUT2D eigenvalue weighted by Crippen LogP contribution is -2.05. The van der Waals surface area contributed by atoms with Gasteiger partial charge in [0.25, 0.3) is 0 Å². The molecule has 2 heteroatoms. The zero-order valence-corrected chi connectivity index (χ0v) is 9.26. The van der Waals surface area contributed by atoms with Crippen LogP contribution in [0.25, 0.3) is 0 Å². The van der Waals surface area contributed by atoms with Gasteiger partial charge in [-0.1, -0.05) is 36.4 Å². The minimum atomic E-state index is 0.655. The van der Waals surface area contributed by atoms with E-state index in [0.29, 0.717) is 6.54 Å². The van der Waals surface area contributed by atoms with Crippen LogP contribution >= 0.6 is 0 Å². The Kier molecular flexibility index (Phi) is 3.67. The highest BCUT2D eigenvalue weighted by atomic mass is 14.7. The van der Waals surface area contributed by atoms with E-state index in [9.17, 15) is 0 Å². The Balaban J connectivity index is 2.12. The largest absolute Gasteiger partial charge is 0.330 e. The molecule has 0 amide bonds. The Morgan fingerprint density at radius 2 is 1.62 bits per heavy atom. The first-order valence-electron chi connectivity index (χ1n) is 5.57. The number of hydrogen-bond donors (Lipinski definition) is 1. The fourth-order valence-electron chi connectivity index (χ4n) is 1.72. The molecule has 0 bridgehead atoms. The highest BCUT2D eigenvalue weighted by Crippen LogP contribution is 2.07. The molecule has 1 aromatic heterocycles. The maximum atomic E-state index is 5.52. The van der Waals surface area contributed by atoms with Crippen molar-refractivity contribution in [2.75, 3.05) is 6.54 Å². The van der Waals surface area contributed by atoms with Gasteiger partial charge in [0, 0.05) is 24.2 Å². The van der Waals surface area contributed by atoms with E-state index < -0.39 is 0 Å². The van der Waals surface area contributed by atoms with E-state index in [4.69, 9.17) is 5.73 Å². The molecular weight excluding hydrogens is 196 g/mol. The first kappa shape index (κ1) is 10.8. The van der Waals surface area contributed by atoms with Crippen LogP contribution in [-0.4, -0.2) is 11.5 Å². The van der Waals surface area contributed by atoms with Crippen LogP contribution in [-0.2, 0) is 12.8 Å². The van der Waals surface area contributed by atoms with E-state index in [2.05, 4.69) is 41.4 Å². The van der Waals surface area contributed by atoms with Crippen molar-refractivity contribution in [1.29, 1.82) is 0 Å². The molecule has 1 aromatic carbocycles. The van der Waals surface area contributed by atoms with Gasteiger partial charge >= 0.3 is 0 Å². The molecule has 2 aromatic rings. The average molecular weight is 212 g/mol. The van der Waals surface area contributed by atoms with Crippen molar-refractivity contribution in [2.24, 2.45) is 5.73 Å². The molecule has 2 nitrogen and oxygen atoms in total. The molecule has 0 radical (unpaired) electrons. The van der Waals surface area contributed by atoms with Gasteiger partial charge in [0.1, 0.15) is 0 Å². The summed E-state index contributed by atoms with van der Waals surface area (Å²) in [6, 6.07) is 16.5. The molecule has 82 valence electrons. The first-order valence-corrected chi connectivity index (χ1v) is 5.57. The number of pyridine rings is 1. The quantitative estimate of drug-likeness (QED) is 0.843. The van der Waals surface area contributed by atoms with Crippen LogP contribution in [0, 0.1) is 0 Å². The molecule has 0 aliphatic carbocycles. The van der Waals surface area contributed by atoms with Crippen molar-refractivity contribution in [1.82, 2.24) is 4.98 Å². The Morgan fingerprint density at radius 1 is 0.875 bits per heavy atom. The summed E-state index contributed by atoms with van der Waals surface area (Å²) in [5.41, 5.74) is 9.00. The van der Waals surface area contributed by atoms with E-state index in [1.165, 1.54) is 5.56 Å². The highest BCUT2D eigenvalue weighted by Gasteiger charge is 1.98. The van der Waals surface area contributed by atoms with Crippen molar-refractivity contribution >= 4 is 0 Å². The van der Waals surface area contributed by atoms with Crippen LogP contribution in [0.3, 0.4) is 0 Å². The third-order valence-electron chi connectivity index (χ3n) is 2.49. The summed E-state index contributed by atoms with van der Waals surface area (Å²) in [5, 5.41) is 0. The standard InChI is InChI=1S/C14H16N2/c15-10-9-13-7-4-8-14(16-13)11-12-5-2-1-3-6-12/h1-8H,9-11,15H2. The maximum Gasteiger partial charge on any atom is 0.0450 e. The fourth-order valence-corrected chi connectivity index (χ4v) is 1.72. The highest BCUT2D eigenvalue weighted by molar-refractivity contribution is 5.22. The lowest BCUT2D eigenvalue weighted by molar-refractivity contribution is 0.900. The van der Waals surface area contributed by atoms with Gasteiger partial charge in [-0.25, -0.2) is 0 Å². The number of hydrogen-bond acceptors (Lipinski definition) is 2. The van der Waals surface area contributed by atoms with Gasteiger partial charge in [0.05, 0.1) is 0 Å². The molecule has 0 aliphatic heterocycles. The number of rotatable bonds is 4. The molecule has 0 aliphatic rings. The zero-order valence-electron chi connectivity index (χ0n) is 9.26. The smallest absolute Gasteiger partial charge is 0.0450 e. The third kappa shape index (κ3) is 2.91. The van der Waals surface area contributed by atoms with Crippen molar-refractivity contribution < 1.29 is 0 Å². The van der Waals surface area contributed by atoms with Crippen molar-refractivity contribution in [3.05, 3.63) is 65.5 Å². The Bertz CT molecular complexity index is 437. The molecule has 0 fully saturated rings. The second-order valence-electron chi connectivity index (χ2n) is 3.82. The van der Waals surface area contributed by atoms with Crippen molar-refractivity contribution in [3.8, 4) is 0 Å². The second kappa shape index (κ2) is 5.42. The Morgan fingerprint density at radius 3 is 2.38 bits per heavy atom. The second-order valence-corrected chi connectivity index (χ2v) is 3.82. The lowest BCUT2D eigenvalue weighted by Gasteiger charge is -2.03. The monoisotopic (exact) mass is 212 g/mol. The molecule has 2 N–H and O–H groups in total. The number of nitrogens with two attached hydrogens (primary N) is 1. The minimum absolute atomic E-state index is 0.655. The molecule has 0 atom stereocenters. The van der Waals surface area contributed by atoms with Crippen LogP contribution in [0.15, 0.2) is 48.5 Å². The van der Waals surface area contributed by atoms with Crippen molar-refractivity contribution in [2.45, 2.75) is 12.8 Å². The fraction of sp³-hybridized carbons (Fsp3) is 0.214. The van der Waals surface area contributed by atoms with Crippen LogP contribution in [0.5, 0.6) is 0 Å². The molecule has 0 spiro atoms. The third-order valence-corrected chi connectivity index (χ3v) is 2.49. The summed E-state index contributed by atoms with van der Waals surface area (Å²) in [6.45, 7) is 0.655. The van der Waals surface area contributed by atoms with E-state index in [0.717, 1.165) is 24.2 Å². The van der Waals surface area contributed by atoms with Crippen LogP contribution < -0.4 is 5.73 Å². The van der Waals surface area contributed by atoms with Gasteiger partial charge < -0.3 is 5.73 Å². The first-order chi connectivity index (χ1) is 7.88. The van der Waals surface area contributed by atoms with Gasteiger partial charge in [-0.05, 0) is 24.2 Å². The summed E-state index contributed by atoms with van der Waals surface area (Å²) in [5.74, 6) is 0. The minimum Gasteiger partial charge on any atom is -0.330 e. The molecule has 16 heavy (non-hydrogen) atoms. The normalized spacial score (nSPS) is 10.3. The molecule has 0 saturated carbocycles. The van der Waals surface area contributed by atoms with Gasteiger partial charge in [0.15, 0.2) is 0 Å². The van der Waals surface area contributed by atoms with Crippen LogP contribution in [0.4, 0.5) is 0 Å². The molecule has 1 heterocycles. The van der Waals surface area contributed by atoms with Gasteiger partial charge in [-0.15, -0.1) is 0 Å². The summed E-state index contributed by atoms with van der Waals surface area (Å²) < 4.78 is 0. The molecule has 0 unspecified atom stereocenters.